The Hall–Kier alpha value is -2.72. The molecule has 4 rings (SSSR count). The number of benzene rings is 2. The van der Waals surface area contributed by atoms with Crippen LogP contribution < -0.4 is 10.4 Å². The molecule has 2 aromatic carbocycles. The largest absolute Gasteiger partial charge is 0.369 e. The molecule has 0 aliphatic carbocycles. The summed E-state index contributed by atoms with van der Waals surface area (Å²) in [4.78, 5) is 16.5. The summed E-state index contributed by atoms with van der Waals surface area (Å²) in [6.07, 6.45) is 1.50. The molecule has 2 aliphatic rings. The van der Waals surface area contributed by atoms with Crippen molar-refractivity contribution in [1.82, 2.24) is 14.7 Å². The number of amides is 1. The highest BCUT2D eigenvalue weighted by atomic mass is 32.2. The minimum absolute atomic E-state index is 0.0650. The maximum absolute atomic E-state index is 12.9. The summed E-state index contributed by atoms with van der Waals surface area (Å²) in [6, 6.07) is 15.1. The number of hydrogen-bond donors (Lipinski definition) is 2. The molecule has 170 valence electrons. The van der Waals surface area contributed by atoms with Crippen LogP contribution in [0.15, 0.2) is 65.1 Å². The molecule has 1 amide bonds. The number of nitrogens with one attached hydrogen (secondary N) is 1. The van der Waals surface area contributed by atoms with Crippen molar-refractivity contribution >= 4 is 21.6 Å². The Bertz CT molecular complexity index is 1090. The lowest BCUT2D eigenvalue weighted by molar-refractivity contribution is -0.125. The third-order valence-electron chi connectivity index (χ3n) is 6.16. The van der Waals surface area contributed by atoms with E-state index in [0.717, 1.165) is 43.9 Å². The van der Waals surface area contributed by atoms with E-state index in [0.29, 0.717) is 0 Å². The van der Waals surface area contributed by atoms with Crippen molar-refractivity contribution in [3.63, 3.8) is 0 Å². The lowest BCUT2D eigenvalue weighted by Gasteiger charge is -2.35. The number of rotatable bonds is 6. The highest BCUT2D eigenvalue weighted by Crippen LogP contribution is 2.27. The van der Waals surface area contributed by atoms with Crippen LogP contribution in [0.5, 0.6) is 0 Å². The number of hydrogen-bond acceptors (Lipinski definition) is 6. The minimum Gasteiger partial charge on any atom is -0.369 e. The number of nitrogens with zero attached hydrogens (tertiary/aromatic N) is 3. The maximum Gasteiger partial charge on any atom is 0.271 e. The molecule has 0 atom stereocenters. The average Bonchev–Trinajstić information content (AvgIpc) is 3.35. The average molecular weight is 457 g/mol. The quantitative estimate of drug-likeness (QED) is 0.510. The number of anilines is 1. The van der Waals surface area contributed by atoms with Gasteiger partial charge in [0.25, 0.3) is 5.91 Å². The van der Waals surface area contributed by atoms with Gasteiger partial charge in [0.2, 0.25) is 10.0 Å². The molecule has 8 nitrogen and oxygen atoms in total. The van der Waals surface area contributed by atoms with Gasteiger partial charge >= 0.3 is 0 Å². The number of likely N-dealkylation sites (N-methyl/N-ethyl adjacent to an activating group) is 1. The summed E-state index contributed by atoms with van der Waals surface area (Å²) >= 11 is 0. The zero-order valence-corrected chi connectivity index (χ0v) is 18.9. The minimum atomic E-state index is -3.73. The van der Waals surface area contributed by atoms with Crippen molar-refractivity contribution in [2.45, 2.75) is 11.8 Å². The van der Waals surface area contributed by atoms with Crippen LogP contribution in [0.3, 0.4) is 0 Å². The Morgan fingerprint density at radius 1 is 0.969 bits per heavy atom. The first-order valence-electron chi connectivity index (χ1n) is 10.7. The molecule has 2 N–H and O–H groups in total. The molecule has 1 fully saturated rings. The fourth-order valence-corrected chi connectivity index (χ4v) is 5.46. The third-order valence-corrected chi connectivity index (χ3v) is 7.98. The first kappa shape index (κ1) is 22.5. The first-order valence-corrected chi connectivity index (χ1v) is 12.2. The van der Waals surface area contributed by atoms with E-state index in [4.69, 9.17) is 5.21 Å². The van der Waals surface area contributed by atoms with E-state index in [1.807, 2.05) is 0 Å². The second-order valence-electron chi connectivity index (χ2n) is 7.96. The molecule has 9 heteroatoms. The van der Waals surface area contributed by atoms with E-state index in [1.54, 1.807) is 24.3 Å². The van der Waals surface area contributed by atoms with Crippen LogP contribution in [0, 0.1) is 0 Å². The maximum atomic E-state index is 12.9. The molecule has 0 bridgehead atoms. The summed E-state index contributed by atoms with van der Waals surface area (Å²) in [6.45, 7) is 7.51. The highest BCUT2D eigenvalue weighted by Gasteiger charge is 2.30. The molecule has 2 heterocycles. The Kier molecular flexibility index (Phi) is 6.61. The van der Waals surface area contributed by atoms with Crippen molar-refractivity contribution in [3.05, 3.63) is 60.2 Å². The van der Waals surface area contributed by atoms with Gasteiger partial charge in [-0.25, -0.2) is 13.9 Å². The third kappa shape index (κ3) is 4.56. The lowest BCUT2D eigenvalue weighted by Crippen LogP contribution is -2.46. The van der Waals surface area contributed by atoms with E-state index in [9.17, 15) is 13.2 Å². The molecule has 0 radical (unpaired) electrons. The second-order valence-corrected chi connectivity index (χ2v) is 9.90. The smallest absolute Gasteiger partial charge is 0.271 e. The van der Waals surface area contributed by atoms with Gasteiger partial charge < -0.3 is 9.80 Å². The predicted molar refractivity (Wildman–Crippen MR) is 123 cm³/mol. The Labute approximate surface area is 188 Å². The summed E-state index contributed by atoms with van der Waals surface area (Å²) in [5.74, 6) is -0.686. The Morgan fingerprint density at radius 3 is 2.12 bits per heavy atom. The van der Waals surface area contributed by atoms with Crippen LogP contribution >= 0.6 is 0 Å². The zero-order chi connectivity index (χ0) is 22.7. The van der Waals surface area contributed by atoms with Gasteiger partial charge in [-0.2, -0.15) is 4.31 Å². The number of piperazine rings is 1. The van der Waals surface area contributed by atoms with E-state index in [1.165, 1.54) is 21.5 Å². The summed E-state index contributed by atoms with van der Waals surface area (Å²) < 4.78 is 27.0. The van der Waals surface area contributed by atoms with Gasteiger partial charge in [0.1, 0.15) is 0 Å². The van der Waals surface area contributed by atoms with Crippen molar-refractivity contribution in [1.29, 1.82) is 0 Å². The monoisotopic (exact) mass is 456 g/mol. The zero-order valence-electron chi connectivity index (χ0n) is 18.1. The van der Waals surface area contributed by atoms with Gasteiger partial charge in [-0.1, -0.05) is 37.3 Å². The van der Waals surface area contributed by atoms with Gasteiger partial charge in [0.05, 0.1) is 4.90 Å². The molecule has 1 saturated heterocycles. The standard InChI is InChI=1S/C23H28N4O4S/c1-2-25-13-15-26(16-14-25)21-7-3-18(4-8-21)19-5-9-22(10-6-19)32(30,31)27-12-11-20(17-27)23(28)24-29/h3-11,29H,2,12-17H2,1H3,(H,24,28). The van der Waals surface area contributed by atoms with E-state index in [-0.39, 0.29) is 23.6 Å². The van der Waals surface area contributed by atoms with Gasteiger partial charge in [0, 0.05) is 50.5 Å². The SMILES string of the molecule is CCN1CCN(c2ccc(-c3ccc(S(=O)(=O)N4CC=C(C(=O)NO)C4)cc3)cc2)CC1. The molecular formula is C23H28N4O4S. The second kappa shape index (κ2) is 9.41. The molecule has 0 spiro atoms. The van der Waals surface area contributed by atoms with Crippen LogP contribution in [-0.4, -0.2) is 74.6 Å². The molecule has 2 aromatic rings. The van der Waals surface area contributed by atoms with Crippen molar-refractivity contribution in [2.75, 3.05) is 50.7 Å². The number of carbonyl (C=O) groups excluding carboxylic acids is 1. The molecule has 0 aromatic heterocycles. The number of sulfonamides is 1. The summed E-state index contributed by atoms with van der Waals surface area (Å²) in [5, 5.41) is 8.74. The highest BCUT2D eigenvalue weighted by molar-refractivity contribution is 7.89. The molecule has 0 unspecified atom stereocenters. The lowest BCUT2D eigenvalue weighted by atomic mass is 10.1. The number of carbonyl (C=O) groups is 1. The van der Waals surface area contributed by atoms with E-state index < -0.39 is 15.9 Å². The summed E-state index contributed by atoms with van der Waals surface area (Å²) in [5.41, 5.74) is 4.93. The van der Waals surface area contributed by atoms with Crippen LogP contribution in [0.1, 0.15) is 6.92 Å². The molecule has 2 aliphatic heterocycles. The van der Waals surface area contributed by atoms with Gasteiger partial charge in [-0.05, 0) is 41.9 Å². The van der Waals surface area contributed by atoms with Crippen LogP contribution in [0.25, 0.3) is 11.1 Å². The van der Waals surface area contributed by atoms with Gasteiger partial charge in [-0.3, -0.25) is 10.0 Å². The van der Waals surface area contributed by atoms with Gasteiger partial charge in [-0.15, -0.1) is 0 Å². The van der Waals surface area contributed by atoms with Crippen molar-refractivity contribution in [2.24, 2.45) is 0 Å². The molecule has 32 heavy (non-hydrogen) atoms. The van der Waals surface area contributed by atoms with Crippen molar-refractivity contribution < 1.29 is 18.4 Å². The molecule has 0 saturated carbocycles. The number of hydroxylamine groups is 1. The fraction of sp³-hybridized carbons (Fsp3) is 0.348. The van der Waals surface area contributed by atoms with Gasteiger partial charge in [0.15, 0.2) is 0 Å². The topological polar surface area (TPSA) is 93.2 Å². The van der Waals surface area contributed by atoms with Crippen molar-refractivity contribution in [3.8, 4) is 11.1 Å². The van der Waals surface area contributed by atoms with Crippen LogP contribution in [-0.2, 0) is 14.8 Å². The first-order chi connectivity index (χ1) is 15.4. The van der Waals surface area contributed by atoms with Crippen LogP contribution in [0.2, 0.25) is 0 Å². The van der Waals surface area contributed by atoms with E-state index >= 15 is 0 Å². The van der Waals surface area contributed by atoms with E-state index in [2.05, 4.69) is 41.0 Å². The summed E-state index contributed by atoms with van der Waals surface area (Å²) in [7, 11) is -3.73. The Balaban J connectivity index is 1.43. The fourth-order valence-electron chi connectivity index (χ4n) is 4.11. The predicted octanol–water partition coefficient (Wildman–Crippen LogP) is 1.93. The molecular weight excluding hydrogens is 428 g/mol. The Morgan fingerprint density at radius 2 is 1.56 bits per heavy atom. The van der Waals surface area contributed by atoms with Crippen LogP contribution in [0.4, 0.5) is 5.69 Å². The normalized spacial score (nSPS) is 17.9.